The van der Waals surface area contributed by atoms with Crippen LogP contribution in [0.4, 0.5) is 0 Å². The summed E-state index contributed by atoms with van der Waals surface area (Å²) >= 11 is 3.78. The van der Waals surface area contributed by atoms with E-state index in [2.05, 4.69) is 114 Å². The molecule has 2 heterocycles. The lowest BCUT2D eigenvalue weighted by Gasteiger charge is -2.53. The molecular formula is C82H126O2S2. The molecule has 12 unspecified atom stereocenters. The van der Waals surface area contributed by atoms with Crippen molar-refractivity contribution in [1.29, 1.82) is 0 Å². The lowest BCUT2D eigenvalue weighted by molar-refractivity contribution is -0.135. The highest BCUT2D eigenvalue weighted by Crippen LogP contribution is 2.65. The minimum Gasteiger partial charge on any atom is -0.299 e. The van der Waals surface area contributed by atoms with E-state index in [0.717, 1.165) is 12.8 Å². The van der Waals surface area contributed by atoms with Crippen molar-refractivity contribution in [1.82, 2.24) is 0 Å². The Kier molecular flexibility index (Phi) is 30.6. The summed E-state index contributed by atoms with van der Waals surface area (Å²) in [6.07, 6.45) is 56.2. The number of hydrogen-bond acceptors (Lipinski definition) is 4. The van der Waals surface area contributed by atoms with Crippen molar-refractivity contribution in [3.05, 3.63) is 94.4 Å². The molecule has 2 aromatic carbocycles. The summed E-state index contributed by atoms with van der Waals surface area (Å²) in [5.74, 6) is 5.73. The fourth-order valence-electron chi connectivity index (χ4n) is 18.2. The molecule has 0 saturated heterocycles. The fourth-order valence-corrected chi connectivity index (χ4v) is 20.1. The smallest absolute Gasteiger partial charge is 0.143 e. The van der Waals surface area contributed by atoms with Crippen LogP contribution in [-0.2, 0) is 9.59 Å². The van der Waals surface area contributed by atoms with E-state index in [4.69, 9.17) is 0 Å². The second-order valence-corrected chi connectivity index (χ2v) is 31.8. The third-order valence-electron chi connectivity index (χ3n) is 22.9. The standard InChI is InChI=1S/C82H126O2S2/c1-7-11-15-19-23-25-27-29-33-37-41-63(39-35-31-21-17-13-9-3)55-68-57-73-72(74-59-70(81(83)79(68)74)65-46-43-61(5)44-47-65)58-69(56-64(40-36-32-22-18-14-10-4)42-38-34-30-28-26-24-20-16-12-8-2)80-75(73)60-71(82(80)84)66-48-50-67(51-49-66)76-53-54-78(86-76)77-52-45-62(6)85-77/h43-54,63-64,68-75,79-80H,7-42,55-60H2,1-6H3. The van der Waals surface area contributed by atoms with Gasteiger partial charge >= 0.3 is 0 Å². The molecule has 0 spiro atoms. The number of thiophene rings is 2. The number of aryl methyl sites for hydroxylation is 2. The quantitative estimate of drug-likeness (QED) is 0.0414. The summed E-state index contributed by atoms with van der Waals surface area (Å²) in [5.41, 5.74) is 5.10. The van der Waals surface area contributed by atoms with Crippen LogP contribution in [-0.4, -0.2) is 11.6 Å². The van der Waals surface area contributed by atoms with Crippen LogP contribution in [0.2, 0.25) is 0 Å². The van der Waals surface area contributed by atoms with E-state index in [1.807, 2.05) is 22.7 Å². The van der Waals surface area contributed by atoms with Gasteiger partial charge < -0.3 is 0 Å². The Labute approximate surface area is 537 Å². The lowest BCUT2D eigenvalue weighted by Crippen LogP contribution is -2.49. The zero-order chi connectivity index (χ0) is 60.3. The van der Waals surface area contributed by atoms with Crippen LogP contribution >= 0.6 is 22.7 Å². The van der Waals surface area contributed by atoms with Crippen LogP contribution in [0.15, 0.2) is 72.8 Å². The molecule has 0 radical (unpaired) electrons. The Hall–Kier alpha value is -2.82. The van der Waals surface area contributed by atoms with Crippen LogP contribution in [0.3, 0.4) is 0 Å². The predicted octanol–water partition coefficient (Wildman–Crippen LogP) is 26.4. The molecule has 4 aliphatic carbocycles. The second kappa shape index (κ2) is 38.1. The summed E-state index contributed by atoms with van der Waals surface area (Å²) in [6.45, 7) is 13.7. The molecule has 2 aromatic heterocycles. The summed E-state index contributed by atoms with van der Waals surface area (Å²) in [6, 6.07) is 27.7. The van der Waals surface area contributed by atoms with Gasteiger partial charge in [0.25, 0.3) is 0 Å². The van der Waals surface area contributed by atoms with E-state index < -0.39 is 0 Å². The summed E-state index contributed by atoms with van der Waals surface area (Å²) < 4.78 is 0. The Morgan fingerprint density at radius 3 is 1.03 bits per heavy atom. The number of hydrogen-bond donors (Lipinski definition) is 0. The molecule has 12 atom stereocenters. The maximum absolute atomic E-state index is 16.0. The van der Waals surface area contributed by atoms with E-state index in [1.165, 1.54) is 299 Å². The van der Waals surface area contributed by atoms with Crippen LogP contribution < -0.4 is 0 Å². The Bertz CT molecular complexity index is 2470. The largest absolute Gasteiger partial charge is 0.299 e. The van der Waals surface area contributed by atoms with E-state index >= 15 is 9.59 Å². The van der Waals surface area contributed by atoms with Crippen LogP contribution in [0.1, 0.15) is 331 Å². The molecular weight excluding hydrogens is 1080 g/mol. The van der Waals surface area contributed by atoms with Crippen molar-refractivity contribution in [2.75, 3.05) is 0 Å². The van der Waals surface area contributed by atoms with Crippen molar-refractivity contribution < 1.29 is 9.59 Å². The molecule has 0 amide bonds. The highest BCUT2D eigenvalue weighted by Gasteiger charge is 2.62. The van der Waals surface area contributed by atoms with Gasteiger partial charge in [-0.05, 0) is 141 Å². The van der Waals surface area contributed by atoms with Crippen molar-refractivity contribution >= 4 is 34.2 Å². The average molecular weight is 1210 g/mol. The Balaban J connectivity index is 1.06. The number of fused-ring (bicyclic) bond motifs is 5. The van der Waals surface area contributed by atoms with E-state index in [9.17, 15) is 0 Å². The monoisotopic (exact) mass is 1210 g/mol. The number of carbonyl (C=O) groups excluding carboxylic acids is 2. The first-order chi connectivity index (χ1) is 42.2. The lowest BCUT2D eigenvalue weighted by atomic mass is 9.50. The molecule has 0 bridgehead atoms. The van der Waals surface area contributed by atoms with Gasteiger partial charge in [-0.25, -0.2) is 0 Å². The van der Waals surface area contributed by atoms with Crippen molar-refractivity contribution in [3.8, 4) is 20.2 Å². The molecule has 0 aliphatic heterocycles. The highest BCUT2D eigenvalue weighted by molar-refractivity contribution is 7.23. The molecule has 2 nitrogen and oxygen atoms in total. The maximum Gasteiger partial charge on any atom is 0.143 e. The van der Waals surface area contributed by atoms with Crippen molar-refractivity contribution in [2.45, 2.75) is 323 Å². The first-order valence-corrected chi connectivity index (χ1v) is 39.2. The Morgan fingerprint density at radius 2 is 0.674 bits per heavy atom. The van der Waals surface area contributed by atoms with Gasteiger partial charge in [0, 0.05) is 43.2 Å². The minimum atomic E-state index is -0.0224. The normalized spacial score (nSPS) is 24.3. The first-order valence-electron chi connectivity index (χ1n) is 37.6. The van der Waals surface area contributed by atoms with Gasteiger partial charge in [-0.15, -0.1) is 22.7 Å². The van der Waals surface area contributed by atoms with Gasteiger partial charge in [-0.1, -0.05) is 313 Å². The van der Waals surface area contributed by atoms with Gasteiger partial charge in [-0.3, -0.25) is 9.59 Å². The number of Topliss-reactive ketones (excluding diaryl/α,β-unsaturated/α-hetero) is 2. The number of unbranched alkanes of at least 4 members (excludes halogenated alkanes) is 28. The zero-order valence-corrected chi connectivity index (χ0v) is 57.8. The highest BCUT2D eigenvalue weighted by atomic mass is 32.1. The molecule has 86 heavy (non-hydrogen) atoms. The molecule has 478 valence electrons. The number of carbonyl (C=O) groups is 2. The predicted molar refractivity (Wildman–Crippen MR) is 376 cm³/mol. The minimum absolute atomic E-state index is 0.0177. The van der Waals surface area contributed by atoms with Gasteiger partial charge in [0.1, 0.15) is 11.6 Å². The van der Waals surface area contributed by atoms with E-state index in [1.54, 1.807) is 0 Å². The molecule has 4 heteroatoms. The topological polar surface area (TPSA) is 34.1 Å². The summed E-state index contributed by atoms with van der Waals surface area (Å²) in [4.78, 5) is 37.0. The summed E-state index contributed by atoms with van der Waals surface area (Å²) in [7, 11) is 0. The van der Waals surface area contributed by atoms with Gasteiger partial charge in [0.15, 0.2) is 0 Å². The molecule has 8 rings (SSSR count). The molecule has 4 saturated carbocycles. The third-order valence-corrected chi connectivity index (χ3v) is 25.2. The fraction of sp³-hybridized carbons (Fsp3) is 0.732. The second-order valence-electron chi connectivity index (χ2n) is 29.4. The van der Waals surface area contributed by atoms with E-state index in [-0.39, 0.29) is 23.7 Å². The van der Waals surface area contributed by atoms with Gasteiger partial charge in [-0.2, -0.15) is 0 Å². The number of ketones is 2. The Morgan fingerprint density at radius 1 is 0.349 bits per heavy atom. The number of benzene rings is 2. The van der Waals surface area contributed by atoms with Crippen LogP contribution in [0.5, 0.6) is 0 Å². The number of rotatable bonds is 44. The van der Waals surface area contributed by atoms with E-state index in [0.29, 0.717) is 58.9 Å². The maximum atomic E-state index is 16.0. The zero-order valence-electron chi connectivity index (χ0n) is 56.2. The SMILES string of the molecule is CCCCCCCCCCCCC(CCCCCCCC)CC1CC2C(CC(CC(CCCCCCCC)CCCCCCCCCCCC)C3C(=O)C(c4ccc(-c5ccc(-c6ccc(C)s6)s5)cc4)CC23)C2CC(c3ccc(C)cc3)C(=O)C12. The molecule has 4 aromatic rings. The third kappa shape index (κ3) is 20.6. The summed E-state index contributed by atoms with van der Waals surface area (Å²) in [5, 5.41) is 0. The van der Waals surface area contributed by atoms with Crippen molar-refractivity contribution in [3.63, 3.8) is 0 Å². The van der Waals surface area contributed by atoms with Crippen molar-refractivity contribution in [2.24, 2.45) is 59.2 Å². The van der Waals surface area contributed by atoms with Crippen LogP contribution in [0, 0.1) is 73.0 Å². The van der Waals surface area contributed by atoms with Crippen LogP contribution in [0.25, 0.3) is 20.2 Å². The molecule has 4 fully saturated rings. The van der Waals surface area contributed by atoms with Gasteiger partial charge in [0.2, 0.25) is 0 Å². The average Bonchev–Trinajstić information content (AvgIpc) is 2.96. The first kappa shape index (κ1) is 69.1. The molecule has 4 aliphatic rings. The molecule has 0 N–H and O–H groups in total. The van der Waals surface area contributed by atoms with Gasteiger partial charge in [0.05, 0.1) is 0 Å².